The molecule has 2 saturated heterocycles. The van der Waals surface area contributed by atoms with Crippen LogP contribution in [0.3, 0.4) is 0 Å². The predicted octanol–water partition coefficient (Wildman–Crippen LogP) is 2.54. The molecular formula is C21H30ClFN4O2. The van der Waals surface area contributed by atoms with Crippen LogP contribution in [0.15, 0.2) is 18.2 Å². The fourth-order valence-electron chi connectivity index (χ4n) is 4.25. The quantitative estimate of drug-likeness (QED) is 0.789. The number of anilines is 1. The largest absolute Gasteiger partial charge is 0.341 e. The highest BCUT2D eigenvalue weighted by molar-refractivity contribution is 6.30. The molecule has 0 aromatic heterocycles. The molecule has 2 amide bonds. The maximum Gasteiger partial charge on any atom is 0.238 e. The number of amides is 2. The Labute approximate surface area is 177 Å². The van der Waals surface area contributed by atoms with Gasteiger partial charge in [0.05, 0.1) is 18.8 Å². The number of benzene rings is 1. The van der Waals surface area contributed by atoms with Gasteiger partial charge in [0, 0.05) is 44.3 Å². The summed E-state index contributed by atoms with van der Waals surface area (Å²) in [4.78, 5) is 31.0. The maximum atomic E-state index is 13.8. The lowest BCUT2D eigenvalue weighted by Crippen LogP contribution is -2.52. The molecule has 160 valence electrons. The Morgan fingerprint density at radius 2 is 1.66 bits per heavy atom. The summed E-state index contributed by atoms with van der Waals surface area (Å²) < 4.78 is 13.8. The van der Waals surface area contributed by atoms with E-state index >= 15 is 0 Å². The second kappa shape index (κ2) is 9.87. The summed E-state index contributed by atoms with van der Waals surface area (Å²) in [6.45, 7) is 9.61. The average molecular weight is 425 g/mol. The van der Waals surface area contributed by atoms with Crippen molar-refractivity contribution in [3.8, 4) is 0 Å². The van der Waals surface area contributed by atoms with E-state index < -0.39 is 5.82 Å². The van der Waals surface area contributed by atoms with Crippen LogP contribution in [0, 0.1) is 17.7 Å². The van der Waals surface area contributed by atoms with Gasteiger partial charge in [-0.05, 0) is 36.5 Å². The minimum absolute atomic E-state index is 0.0942. The monoisotopic (exact) mass is 424 g/mol. The summed E-state index contributed by atoms with van der Waals surface area (Å²) in [5, 5.41) is 2.95. The van der Waals surface area contributed by atoms with Crippen molar-refractivity contribution in [3.63, 3.8) is 0 Å². The number of piperazine rings is 1. The molecule has 0 radical (unpaired) electrons. The van der Waals surface area contributed by atoms with Crippen LogP contribution in [0.2, 0.25) is 5.02 Å². The normalized spacial score (nSPS) is 23.8. The summed E-state index contributed by atoms with van der Waals surface area (Å²) in [5.41, 5.74) is 0.0942. The molecule has 2 fully saturated rings. The Morgan fingerprint density at radius 3 is 2.28 bits per heavy atom. The SMILES string of the molecule is CC1CC(C)CN(C(=O)CN2CCN(CC(=O)Nc3cc(Cl)ccc3F)CC2)C1. The molecule has 0 aliphatic carbocycles. The molecule has 0 spiro atoms. The molecule has 2 unspecified atom stereocenters. The van der Waals surface area contributed by atoms with Gasteiger partial charge in [0.1, 0.15) is 5.82 Å². The third-order valence-electron chi connectivity index (χ3n) is 5.62. The van der Waals surface area contributed by atoms with Crippen LogP contribution < -0.4 is 5.32 Å². The summed E-state index contributed by atoms with van der Waals surface area (Å²) in [6.07, 6.45) is 1.18. The van der Waals surface area contributed by atoms with Crippen LogP contribution in [0.4, 0.5) is 10.1 Å². The van der Waals surface area contributed by atoms with Crippen LogP contribution in [-0.2, 0) is 9.59 Å². The Bertz CT molecular complexity index is 729. The lowest BCUT2D eigenvalue weighted by molar-refractivity contribution is -0.135. The molecule has 0 saturated carbocycles. The summed E-state index contributed by atoms with van der Waals surface area (Å²) in [6, 6.07) is 4.08. The summed E-state index contributed by atoms with van der Waals surface area (Å²) in [5.74, 6) is 0.537. The number of carbonyl (C=O) groups is 2. The zero-order valence-electron chi connectivity index (χ0n) is 17.2. The maximum absolute atomic E-state index is 13.8. The van der Waals surface area contributed by atoms with E-state index in [9.17, 15) is 14.0 Å². The van der Waals surface area contributed by atoms with Crippen molar-refractivity contribution < 1.29 is 14.0 Å². The van der Waals surface area contributed by atoms with Gasteiger partial charge in [-0.15, -0.1) is 0 Å². The fourth-order valence-corrected chi connectivity index (χ4v) is 4.42. The highest BCUT2D eigenvalue weighted by atomic mass is 35.5. The van der Waals surface area contributed by atoms with Gasteiger partial charge in [-0.3, -0.25) is 19.4 Å². The first-order valence-electron chi connectivity index (χ1n) is 10.3. The zero-order valence-corrected chi connectivity index (χ0v) is 17.9. The predicted molar refractivity (Wildman–Crippen MR) is 112 cm³/mol. The van der Waals surface area contributed by atoms with Gasteiger partial charge in [0.25, 0.3) is 0 Å². The Morgan fingerprint density at radius 1 is 1.07 bits per heavy atom. The molecule has 2 heterocycles. The van der Waals surface area contributed by atoms with E-state index in [0.29, 0.717) is 36.5 Å². The van der Waals surface area contributed by atoms with Crippen molar-refractivity contribution >= 4 is 29.1 Å². The number of likely N-dealkylation sites (tertiary alicyclic amines) is 1. The number of nitrogens with zero attached hydrogens (tertiary/aromatic N) is 3. The molecule has 29 heavy (non-hydrogen) atoms. The molecule has 2 atom stereocenters. The highest BCUT2D eigenvalue weighted by Crippen LogP contribution is 2.21. The molecule has 6 nitrogen and oxygen atoms in total. The van der Waals surface area contributed by atoms with Gasteiger partial charge in [-0.1, -0.05) is 25.4 Å². The second-order valence-electron chi connectivity index (χ2n) is 8.47. The van der Waals surface area contributed by atoms with Crippen LogP contribution in [-0.4, -0.2) is 78.9 Å². The first kappa shape index (κ1) is 22.0. The summed E-state index contributed by atoms with van der Waals surface area (Å²) in [7, 11) is 0. The number of piperidine rings is 1. The van der Waals surface area contributed by atoms with Crippen LogP contribution in [0.25, 0.3) is 0 Å². The average Bonchev–Trinajstić information content (AvgIpc) is 2.65. The first-order valence-corrected chi connectivity index (χ1v) is 10.7. The van der Waals surface area contributed by atoms with Crippen LogP contribution in [0.1, 0.15) is 20.3 Å². The van der Waals surface area contributed by atoms with E-state index in [4.69, 9.17) is 11.6 Å². The molecule has 2 aliphatic rings. The Kier molecular flexibility index (Phi) is 7.49. The number of nitrogens with one attached hydrogen (secondary N) is 1. The molecule has 1 aromatic rings. The zero-order chi connectivity index (χ0) is 21.0. The van der Waals surface area contributed by atoms with E-state index in [1.807, 2.05) is 9.80 Å². The highest BCUT2D eigenvalue weighted by Gasteiger charge is 2.27. The molecule has 1 aromatic carbocycles. The summed E-state index contributed by atoms with van der Waals surface area (Å²) >= 11 is 5.86. The smallest absolute Gasteiger partial charge is 0.238 e. The van der Waals surface area contributed by atoms with Crippen molar-refractivity contribution in [1.82, 2.24) is 14.7 Å². The standard InChI is InChI=1S/C21H30ClFN4O2/c1-15-9-16(2)12-27(11-15)21(29)14-26-7-5-25(6-8-26)13-20(28)24-19-10-17(22)3-4-18(19)23/h3-4,10,15-16H,5-9,11-14H2,1-2H3,(H,24,28). The number of carbonyl (C=O) groups excluding carboxylic acids is 2. The van der Waals surface area contributed by atoms with Crippen molar-refractivity contribution in [2.45, 2.75) is 20.3 Å². The molecule has 0 bridgehead atoms. The van der Waals surface area contributed by atoms with Gasteiger partial charge in [-0.2, -0.15) is 0 Å². The number of rotatable bonds is 5. The Hall–Kier alpha value is -1.70. The van der Waals surface area contributed by atoms with Crippen LogP contribution >= 0.6 is 11.6 Å². The number of hydrogen-bond acceptors (Lipinski definition) is 4. The van der Waals surface area contributed by atoms with E-state index in [-0.39, 0.29) is 24.0 Å². The molecule has 2 aliphatic heterocycles. The second-order valence-corrected chi connectivity index (χ2v) is 8.91. The first-order chi connectivity index (χ1) is 13.8. The van der Waals surface area contributed by atoms with E-state index in [0.717, 1.165) is 26.2 Å². The minimum atomic E-state index is -0.507. The topological polar surface area (TPSA) is 55.9 Å². The van der Waals surface area contributed by atoms with Gasteiger partial charge >= 0.3 is 0 Å². The van der Waals surface area contributed by atoms with Gasteiger partial charge in [0.2, 0.25) is 11.8 Å². The van der Waals surface area contributed by atoms with Gasteiger partial charge < -0.3 is 10.2 Å². The lowest BCUT2D eigenvalue weighted by atomic mass is 9.92. The minimum Gasteiger partial charge on any atom is -0.341 e. The molecule has 8 heteroatoms. The third-order valence-corrected chi connectivity index (χ3v) is 5.85. The Balaban J connectivity index is 1.41. The molecular weight excluding hydrogens is 395 g/mol. The van der Waals surface area contributed by atoms with Gasteiger partial charge in [0.15, 0.2) is 0 Å². The van der Waals surface area contributed by atoms with Gasteiger partial charge in [-0.25, -0.2) is 4.39 Å². The van der Waals surface area contributed by atoms with E-state index in [1.54, 1.807) is 0 Å². The number of halogens is 2. The molecule has 1 N–H and O–H groups in total. The van der Waals surface area contributed by atoms with Crippen molar-refractivity contribution in [3.05, 3.63) is 29.0 Å². The fraction of sp³-hybridized carbons (Fsp3) is 0.619. The third kappa shape index (κ3) is 6.39. The van der Waals surface area contributed by atoms with E-state index in [2.05, 4.69) is 24.1 Å². The van der Waals surface area contributed by atoms with Crippen LogP contribution in [0.5, 0.6) is 0 Å². The lowest BCUT2D eigenvalue weighted by Gasteiger charge is -2.38. The molecule has 3 rings (SSSR count). The van der Waals surface area contributed by atoms with Crippen molar-refractivity contribution in [1.29, 1.82) is 0 Å². The van der Waals surface area contributed by atoms with E-state index in [1.165, 1.54) is 24.6 Å². The van der Waals surface area contributed by atoms with Crippen molar-refractivity contribution in [2.75, 3.05) is 57.7 Å². The number of hydrogen-bond donors (Lipinski definition) is 1. The van der Waals surface area contributed by atoms with Crippen molar-refractivity contribution in [2.24, 2.45) is 11.8 Å².